The van der Waals surface area contributed by atoms with Crippen molar-refractivity contribution in [1.82, 2.24) is 10.5 Å². The summed E-state index contributed by atoms with van der Waals surface area (Å²) in [5, 5.41) is 6.88. The molecule has 1 aromatic carbocycles. The Morgan fingerprint density at radius 3 is 2.53 bits per heavy atom. The van der Waals surface area contributed by atoms with Crippen molar-refractivity contribution in [2.75, 3.05) is 5.73 Å². The molecule has 0 unspecified atom stereocenters. The molecule has 0 radical (unpaired) electrons. The minimum atomic E-state index is -0.321. The van der Waals surface area contributed by atoms with Gasteiger partial charge in [0.2, 0.25) is 0 Å². The van der Waals surface area contributed by atoms with Crippen LogP contribution < -0.4 is 11.1 Å². The quantitative estimate of drug-likeness (QED) is 0.854. The fraction of sp³-hybridized carbons (Fsp3) is 0.167. The standard InChI is InChI=1S/C12H11Cl2N3O2/c1-6-2-8(19-17-6)5-16-12(18)7-3-9(13)11(15)10(14)4-7/h2-4H,5,15H2,1H3,(H,16,18). The number of benzene rings is 1. The minimum absolute atomic E-state index is 0.235. The third-order valence-electron chi connectivity index (χ3n) is 2.44. The van der Waals surface area contributed by atoms with Gasteiger partial charge >= 0.3 is 0 Å². The van der Waals surface area contributed by atoms with Crippen molar-refractivity contribution >= 4 is 34.8 Å². The van der Waals surface area contributed by atoms with Gasteiger partial charge in [-0.25, -0.2) is 0 Å². The van der Waals surface area contributed by atoms with E-state index in [1.807, 2.05) is 0 Å². The van der Waals surface area contributed by atoms with Gasteiger partial charge in [0, 0.05) is 11.6 Å². The molecule has 19 heavy (non-hydrogen) atoms. The predicted octanol–water partition coefficient (Wildman–Crippen LogP) is 2.80. The van der Waals surface area contributed by atoms with Gasteiger partial charge in [0.25, 0.3) is 5.91 Å². The van der Waals surface area contributed by atoms with Crippen LogP contribution in [0.3, 0.4) is 0 Å². The minimum Gasteiger partial charge on any atom is -0.396 e. The number of anilines is 1. The molecule has 1 amide bonds. The van der Waals surface area contributed by atoms with Gasteiger partial charge in [-0.15, -0.1) is 0 Å². The van der Waals surface area contributed by atoms with E-state index >= 15 is 0 Å². The second kappa shape index (κ2) is 5.50. The van der Waals surface area contributed by atoms with E-state index in [2.05, 4.69) is 10.5 Å². The van der Waals surface area contributed by atoms with Crippen molar-refractivity contribution in [1.29, 1.82) is 0 Å². The highest BCUT2D eigenvalue weighted by atomic mass is 35.5. The molecule has 3 N–H and O–H groups in total. The van der Waals surface area contributed by atoms with Crippen molar-refractivity contribution in [2.45, 2.75) is 13.5 Å². The number of amides is 1. The van der Waals surface area contributed by atoms with Crippen LogP contribution >= 0.6 is 23.2 Å². The molecule has 1 aromatic heterocycles. The SMILES string of the molecule is Cc1cc(CNC(=O)c2cc(Cl)c(N)c(Cl)c2)on1. The summed E-state index contributed by atoms with van der Waals surface area (Å²) in [5.41, 5.74) is 6.94. The number of halogens is 2. The Morgan fingerprint density at radius 2 is 2.00 bits per heavy atom. The average Bonchev–Trinajstić information content (AvgIpc) is 2.78. The van der Waals surface area contributed by atoms with E-state index in [4.69, 9.17) is 33.5 Å². The molecule has 0 saturated carbocycles. The lowest BCUT2D eigenvalue weighted by Crippen LogP contribution is -2.22. The number of nitrogens with two attached hydrogens (primary N) is 1. The first kappa shape index (κ1) is 13.7. The monoisotopic (exact) mass is 299 g/mol. The predicted molar refractivity (Wildman–Crippen MR) is 73.3 cm³/mol. The lowest BCUT2D eigenvalue weighted by atomic mass is 10.2. The smallest absolute Gasteiger partial charge is 0.251 e. The lowest BCUT2D eigenvalue weighted by molar-refractivity contribution is 0.0947. The third kappa shape index (κ3) is 3.19. The first-order valence-corrected chi connectivity index (χ1v) is 6.18. The molecular weight excluding hydrogens is 289 g/mol. The van der Waals surface area contributed by atoms with Gasteiger partial charge < -0.3 is 15.6 Å². The molecule has 0 aliphatic rings. The molecule has 0 atom stereocenters. The first-order chi connectivity index (χ1) is 8.97. The van der Waals surface area contributed by atoms with Gasteiger partial charge in [-0.05, 0) is 19.1 Å². The summed E-state index contributed by atoms with van der Waals surface area (Å²) in [6, 6.07) is 4.66. The van der Waals surface area contributed by atoms with Crippen LogP contribution in [0.1, 0.15) is 21.8 Å². The Kier molecular flexibility index (Phi) is 3.97. The highest BCUT2D eigenvalue weighted by Crippen LogP contribution is 2.28. The molecule has 0 bridgehead atoms. The zero-order chi connectivity index (χ0) is 14.0. The van der Waals surface area contributed by atoms with E-state index < -0.39 is 0 Å². The van der Waals surface area contributed by atoms with Crippen molar-refractivity contribution < 1.29 is 9.32 Å². The Balaban J connectivity index is 2.08. The first-order valence-electron chi connectivity index (χ1n) is 5.42. The van der Waals surface area contributed by atoms with E-state index in [0.717, 1.165) is 5.69 Å². The Morgan fingerprint density at radius 1 is 1.37 bits per heavy atom. The molecule has 2 rings (SSSR count). The summed E-state index contributed by atoms with van der Waals surface area (Å²) in [5.74, 6) is 0.247. The van der Waals surface area contributed by atoms with E-state index in [-0.39, 0.29) is 28.2 Å². The molecule has 5 nitrogen and oxygen atoms in total. The number of hydrogen-bond acceptors (Lipinski definition) is 4. The van der Waals surface area contributed by atoms with Gasteiger partial charge in [-0.1, -0.05) is 28.4 Å². The van der Waals surface area contributed by atoms with Gasteiger partial charge in [0.05, 0.1) is 28.0 Å². The highest BCUT2D eigenvalue weighted by Gasteiger charge is 2.11. The van der Waals surface area contributed by atoms with Crippen LogP contribution in [-0.4, -0.2) is 11.1 Å². The Bertz CT molecular complexity index is 602. The number of nitrogen functional groups attached to an aromatic ring is 1. The number of carbonyl (C=O) groups excluding carboxylic acids is 1. The molecule has 7 heteroatoms. The van der Waals surface area contributed by atoms with Crippen LogP contribution in [0.25, 0.3) is 0 Å². The van der Waals surface area contributed by atoms with E-state index in [9.17, 15) is 4.79 Å². The zero-order valence-corrected chi connectivity index (χ0v) is 11.5. The van der Waals surface area contributed by atoms with Crippen molar-refractivity contribution in [3.8, 4) is 0 Å². The zero-order valence-electron chi connectivity index (χ0n) is 10.0. The Labute approximate surface area is 119 Å². The summed E-state index contributed by atoms with van der Waals surface area (Å²) in [6.45, 7) is 2.04. The summed E-state index contributed by atoms with van der Waals surface area (Å²) in [7, 11) is 0. The van der Waals surface area contributed by atoms with E-state index in [0.29, 0.717) is 11.3 Å². The summed E-state index contributed by atoms with van der Waals surface area (Å²) < 4.78 is 4.98. The second-order valence-electron chi connectivity index (χ2n) is 3.97. The molecular formula is C12H11Cl2N3O2. The number of nitrogens with zero attached hydrogens (tertiary/aromatic N) is 1. The molecule has 100 valence electrons. The topological polar surface area (TPSA) is 81.2 Å². The molecule has 2 aromatic rings. The Hall–Kier alpha value is -1.72. The number of nitrogens with one attached hydrogen (secondary N) is 1. The third-order valence-corrected chi connectivity index (χ3v) is 3.07. The molecule has 0 aliphatic heterocycles. The average molecular weight is 300 g/mol. The van der Waals surface area contributed by atoms with Crippen LogP contribution in [0.2, 0.25) is 10.0 Å². The number of rotatable bonds is 3. The fourth-order valence-corrected chi connectivity index (χ4v) is 1.97. The summed E-state index contributed by atoms with van der Waals surface area (Å²) >= 11 is 11.7. The summed E-state index contributed by atoms with van der Waals surface area (Å²) in [4.78, 5) is 11.9. The van der Waals surface area contributed by atoms with Crippen molar-refractivity contribution in [2.24, 2.45) is 0 Å². The normalized spacial score (nSPS) is 10.5. The molecule has 0 fully saturated rings. The molecule has 0 saturated heterocycles. The van der Waals surface area contributed by atoms with Crippen LogP contribution in [-0.2, 0) is 6.54 Å². The van der Waals surface area contributed by atoms with E-state index in [1.54, 1.807) is 13.0 Å². The van der Waals surface area contributed by atoms with Gasteiger partial charge in [0.1, 0.15) is 0 Å². The molecule has 1 heterocycles. The maximum Gasteiger partial charge on any atom is 0.251 e. The second-order valence-corrected chi connectivity index (χ2v) is 4.79. The number of aryl methyl sites for hydroxylation is 1. The summed E-state index contributed by atoms with van der Waals surface area (Å²) in [6.07, 6.45) is 0. The maximum absolute atomic E-state index is 11.9. The number of carbonyl (C=O) groups is 1. The number of hydrogen-bond donors (Lipinski definition) is 2. The van der Waals surface area contributed by atoms with Crippen LogP contribution in [0, 0.1) is 6.92 Å². The molecule has 0 aliphatic carbocycles. The van der Waals surface area contributed by atoms with Crippen LogP contribution in [0.15, 0.2) is 22.7 Å². The van der Waals surface area contributed by atoms with Crippen LogP contribution in [0.5, 0.6) is 0 Å². The lowest BCUT2D eigenvalue weighted by Gasteiger charge is -2.06. The maximum atomic E-state index is 11.9. The number of aromatic nitrogens is 1. The van der Waals surface area contributed by atoms with Gasteiger partial charge in [-0.2, -0.15) is 0 Å². The van der Waals surface area contributed by atoms with Gasteiger partial charge in [0.15, 0.2) is 5.76 Å². The van der Waals surface area contributed by atoms with Crippen molar-refractivity contribution in [3.05, 3.63) is 45.3 Å². The van der Waals surface area contributed by atoms with Crippen molar-refractivity contribution in [3.63, 3.8) is 0 Å². The van der Waals surface area contributed by atoms with Crippen LogP contribution in [0.4, 0.5) is 5.69 Å². The molecule has 0 spiro atoms. The van der Waals surface area contributed by atoms with Gasteiger partial charge in [-0.3, -0.25) is 4.79 Å². The largest absolute Gasteiger partial charge is 0.396 e. The fourth-order valence-electron chi connectivity index (χ4n) is 1.48. The van der Waals surface area contributed by atoms with E-state index in [1.165, 1.54) is 12.1 Å². The highest BCUT2D eigenvalue weighted by molar-refractivity contribution is 6.39.